The van der Waals surface area contributed by atoms with E-state index < -0.39 is 0 Å². The lowest BCUT2D eigenvalue weighted by Gasteiger charge is -2.18. The Morgan fingerprint density at radius 3 is 2.21 bits per heavy atom. The van der Waals surface area contributed by atoms with Crippen molar-refractivity contribution in [2.45, 2.75) is 12.3 Å². The lowest BCUT2D eigenvalue weighted by atomic mass is 9.88. The molecule has 0 bridgehead atoms. The first-order chi connectivity index (χ1) is 19.2. The van der Waals surface area contributed by atoms with Crippen LogP contribution in [0.1, 0.15) is 23.5 Å². The predicted octanol–water partition coefficient (Wildman–Crippen LogP) is 4.53. The number of rotatable bonds is 11. The molecule has 1 N–H and O–H groups in total. The smallest absolute Gasteiger partial charge is 0.231 e. The van der Waals surface area contributed by atoms with E-state index in [1.807, 2.05) is 48.5 Å². The Morgan fingerprint density at radius 2 is 1.54 bits per heavy atom. The van der Waals surface area contributed by atoms with Crippen molar-refractivity contribution < 1.29 is 19.0 Å². The minimum Gasteiger partial charge on any atom is -0.493 e. The first-order valence-electron chi connectivity index (χ1n) is 12.6. The molecule has 9 nitrogen and oxygen atoms in total. The van der Waals surface area contributed by atoms with Crippen molar-refractivity contribution in [2.75, 3.05) is 27.4 Å². The molecule has 0 radical (unpaired) electrons. The number of nitrogens with one attached hydrogen (secondary N) is 1. The van der Waals surface area contributed by atoms with Crippen LogP contribution in [0.3, 0.4) is 0 Å². The van der Waals surface area contributed by atoms with Crippen molar-refractivity contribution in [3.05, 3.63) is 102 Å². The molecular weight excluding hydrogens is 494 g/mol. The van der Waals surface area contributed by atoms with Crippen LogP contribution in [0.5, 0.6) is 17.4 Å². The Morgan fingerprint density at radius 1 is 0.846 bits per heavy atom. The minimum absolute atomic E-state index is 0.0267. The highest BCUT2D eigenvalue weighted by atomic mass is 16.5. The summed E-state index contributed by atoms with van der Waals surface area (Å²) in [5, 5.41) is 16.0. The normalized spacial score (nSPS) is 10.9. The number of carbonyl (C=O) groups excluding carboxylic acids is 1. The molecule has 0 spiro atoms. The van der Waals surface area contributed by atoms with E-state index in [1.165, 1.54) is 0 Å². The molecule has 0 unspecified atom stereocenters. The summed E-state index contributed by atoms with van der Waals surface area (Å²) in [5.41, 5.74) is 3.55. The lowest BCUT2D eigenvalue weighted by Crippen LogP contribution is -2.29. The fraction of sp³-hybridized carbons (Fsp3) is 0.200. The van der Waals surface area contributed by atoms with Crippen molar-refractivity contribution in [3.63, 3.8) is 0 Å². The van der Waals surface area contributed by atoms with E-state index in [4.69, 9.17) is 14.2 Å². The fourth-order valence-electron chi connectivity index (χ4n) is 4.41. The van der Waals surface area contributed by atoms with Gasteiger partial charge in [-0.05, 0) is 35.4 Å². The molecule has 1 amide bonds. The van der Waals surface area contributed by atoms with Gasteiger partial charge in [0.25, 0.3) is 0 Å². The maximum atomic E-state index is 12.8. The molecule has 0 saturated heterocycles. The van der Waals surface area contributed by atoms with Crippen LogP contribution in [0, 0.1) is 0 Å². The van der Waals surface area contributed by atoms with E-state index in [2.05, 4.69) is 44.9 Å². The first-order valence-corrected chi connectivity index (χ1v) is 12.6. The zero-order chi connectivity index (χ0) is 27.0. The molecular formula is C30H29N5O4. The van der Waals surface area contributed by atoms with Gasteiger partial charge >= 0.3 is 0 Å². The van der Waals surface area contributed by atoms with E-state index in [-0.39, 0.29) is 18.4 Å². The average Bonchev–Trinajstić information content (AvgIpc) is 3.42. The van der Waals surface area contributed by atoms with Crippen LogP contribution in [0.15, 0.2) is 91.0 Å². The number of hydrogen-bond donors (Lipinski definition) is 1. The number of nitrogens with zero attached hydrogens (tertiary/aromatic N) is 4. The number of benzene rings is 3. The molecule has 2 aromatic heterocycles. The van der Waals surface area contributed by atoms with E-state index in [0.717, 1.165) is 16.7 Å². The monoisotopic (exact) mass is 523 g/mol. The van der Waals surface area contributed by atoms with Gasteiger partial charge in [-0.25, -0.2) is 0 Å². The molecule has 3 aromatic carbocycles. The molecule has 39 heavy (non-hydrogen) atoms. The third kappa shape index (κ3) is 5.98. The molecule has 5 aromatic rings. The highest BCUT2D eigenvalue weighted by Crippen LogP contribution is 2.32. The highest BCUT2D eigenvalue weighted by molar-refractivity contribution is 5.77. The van der Waals surface area contributed by atoms with Gasteiger partial charge in [0.1, 0.15) is 6.61 Å². The molecule has 2 heterocycles. The third-order valence-corrected chi connectivity index (χ3v) is 6.35. The number of fused-ring (bicyclic) bond motifs is 1. The summed E-state index contributed by atoms with van der Waals surface area (Å²) < 4.78 is 18.2. The Kier molecular flexibility index (Phi) is 7.97. The van der Waals surface area contributed by atoms with Crippen LogP contribution in [-0.4, -0.2) is 53.1 Å². The summed E-state index contributed by atoms with van der Waals surface area (Å²) in [6.45, 7) is 0.610. The molecule has 0 saturated carbocycles. The van der Waals surface area contributed by atoms with Crippen molar-refractivity contribution in [1.29, 1.82) is 0 Å². The number of ether oxygens (including phenoxy) is 3. The van der Waals surface area contributed by atoms with E-state index in [0.29, 0.717) is 41.8 Å². The highest BCUT2D eigenvalue weighted by Gasteiger charge is 2.18. The van der Waals surface area contributed by atoms with Gasteiger partial charge in [0, 0.05) is 24.0 Å². The van der Waals surface area contributed by atoms with Gasteiger partial charge in [0.05, 0.1) is 20.8 Å². The van der Waals surface area contributed by atoms with E-state index >= 15 is 0 Å². The number of carbonyl (C=O) groups is 1. The Balaban J connectivity index is 1.21. The number of hydrogen-bond acceptors (Lipinski definition) is 7. The van der Waals surface area contributed by atoms with Crippen LogP contribution in [-0.2, 0) is 4.79 Å². The summed E-state index contributed by atoms with van der Waals surface area (Å²) in [5.74, 6) is 2.06. The summed E-state index contributed by atoms with van der Waals surface area (Å²) in [6.07, 6.45) is 0.341. The largest absolute Gasteiger partial charge is 0.493 e. The van der Waals surface area contributed by atoms with Crippen molar-refractivity contribution in [3.8, 4) is 28.8 Å². The molecule has 5 rings (SSSR count). The molecule has 0 aliphatic heterocycles. The van der Waals surface area contributed by atoms with Crippen molar-refractivity contribution in [1.82, 2.24) is 25.1 Å². The Bertz CT molecular complexity index is 1500. The van der Waals surface area contributed by atoms with Gasteiger partial charge in [0.2, 0.25) is 11.8 Å². The molecule has 0 aliphatic rings. The van der Waals surface area contributed by atoms with Crippen LogP contribution in [0.4, 0.5) is 0 Å². The fourth-order valence-corrected chi connectivity index (χ4v) is 4.41. The van der Waals surface area contributed by atoms with Gasteiger partial charge in [0.15, 0.2) is 23.0 Å². The quantitative estimate of drug-likeness (QED) is 0.254. The summed E-state index contributed by atoms with van der Waals surface area (Å²) >= 11 is 0. The molecule has 0 atom stereocenters. The van der Waals surface area contributed by atoms with Crippen molar-refractivity contribution >= 4 is 11.6 Å². The summed E-state index contributed by atoms with van der Waals surface area (Å²) in [4.78, 5) is 12.8. The second kappa shape index (κ2) is 12.1. The maximum absolute atomic E-state index is 12.8. The third-order valence-electron chi connectivity index (χ3n) is 6.35. The van der Waals surface area contributed by atoms with Gasteiger partial charge < -0.3 is 19.5 Å². The van der Waals surface area contributed by atoms with Gasteiger partial charge in [-0.2, -0.15) is 4.52 Å². The van der Waals surface area contributed by atoms with Crippen LogP contribution in [0.2, 0.25) is 0 Å². The maximum Gasteiger partial charge on any atom is 0.231 e. The molecule has 9 heteroatoms. The standard InChI is InChI=1S/C30H29N5O4/c1-37-25-14-13-23(19-26(25)38-2)30-33-32-27-15-16-29(34-35(27)30)39-18-17-31-28(36)20-24(21-9-5-3-6-10-21)22-11-7-4-8-12-22/h3-16,19,24H,17-18,20H2,1-2H3,(H,31,36). The zero-order valence-electron chi connectivity index (χ0n) is 21.8. The predicted molar refractivity (Wildman–Crippen MR) is 147 cm³/mol. The summed E-state index contributed by atoms with van der Waals surface area (Å²) in [7, 11) is 3.17. The topological polar surface area (TPSA) is 99.9 Å². The Labute approximate surface area is 226 Å². The first kappa shape index (κ1) is 25.7. The second-order valence-corrected chi connectivity index (χ2v) is 8.81. The Hall–Kier alpha value is -4.92. The number of aromatic nitrogens is 4. The lowest BCUT2D eigenvalue weighted by molar-refractivity contribution is -0.121. The number of methoxy groups -OCH3 is 2. The minimum atomic E-state index is -0.0470. The summed E-state index contributed by atoms with van der Waals surface area (Å²) in [6, 6.07) is 29.1. The zero-order valence-corrected chi connectivity index (χ0v) is 21.8. The molecule has 0 fully saturated rings. The van der Waals surface area contributed by atoms with Crippen LogP contribution >= 0.6 is 0 Å². The van der Waals surface area contributed by atoms with E-state index in [1.54, 1.807) is 36.9 Å². The van der Waals surface area contributed by atoms with Crippen LogP contribution in [0.25, 0.3) is 17.0 Å². The molecule has 0 aliphatic carbocycles. The van der Waals surface area contributed by atoms with Gasteiger partial charge in [-0.1, -0.05) is 60.7 Å². The van der Waals surface area contributed by atoms with Crippen LogP contribution < -0.4 is 19.5 Å². The van der Waals surface area contributed by atoms with Crippen molar-refractivity contribution in [2.24, 2.45) is 0 Å². The van der Waals surface area contributed by atoms with Gasteiger partial charge in [-0.3, -0.25) is 4.79 Å². The van der Waals surface area contributed by atoms with Gasteiger partial charge in [-0.15, -0.1) is 15.3 Å². The number of amides is 1. The molecule has 198 valence electrons. The second-order valence-electron chi connectivity index (χ2n) is 8.81. The average molecular weight is 524 g/mol. The SMILES string of the molecule is COc1ccc(-c2nnc3ccc(OCCNC(=O)CC(c4ccccc4)c4ccccc4)nn23)cc1OC. The van der Waals surface area contributed by atoms with E-state index in [9.17, 15) is 4.79 Å².